The molecular formula is C21H14BrF2N7O. The lowest BCUT2D eigenvalue weighted by Gasteiger charge is -2.11. The van der Waals surface area contributed by atoms with Gasteiger partial charge in [0, 0.05) is 42.7 Å². The van der Waals surface area contributed by atoms with E-state index in [-0.39, 0.29) is 23.3 Å². The third-order valence-electron chi connectivity index (χ3n) is 4.16. The van der Waals surface area contributed by atoms with Crippen LogP contribution in [0.4, 0.5) is 20.4 Å². The van der Waals surface area contributed by atoms with E-state index < -0.39 is 11.6 Å². The van der Waals surface area contributed by atoms with Crippen LogP contribution >= 0.6 is 15.9 Å². The van der Waals surface area contributed by atoms with Crippen LogP contribution in [0.3, 0.4) is 0 Å². The van der Waals surface area contributed by atoms with E-state index in [1.165, 1.54) is 6.20 Å². The van der Waals surface area contributed by atoms with Gasteiger partial charge in [-0.1, -0.05) is 18.2 Å². The molecular weight excluding hydrogens is 484 g/mol. The summed E-state index contributed by atoms with van der Waals surface area (Å²) in [5.41, 5.74) is 9.03. The highest BCUT2D eigenvalue weighted by atomic mass is 79.9. The summed E-state index contributed by atoms with van der Waals surface area (Å²) in [6.45, 7) is 0.333. The molecule has 2 aromatic heterocycles. The first-order valence-corrected chi connectivity index (χ1v) is 9.98. The van der Waals surface area contributed by atoms with Crippen molar-refractivity contribution in [3.8, 4) is 23.0 Å². The van der Waals surface area contributed by atoms with E-state index in [0.29, 0.717) is 12.4 Å². The Hall–Kier alpha value is -3.86. The van der Waals surface area contributed by atoms with Crippen LogP contribution in [0.25, 0.3) is 11.4 Å². The zero-order chi connectivity index (χ0) is 22.5. The minimum Gasteiger partial charge on any atom is -0.437 e. The molecule has 2 aromatic carbocycles. The zero-order valence-electron chi connectivity index (χ0n) is 16.3. The van der Waals surface area contributed by atoms with Gasteiger partial charge >= 0.3 is 0 Å². The van der Waals surface area contributed by atoms with Crippen LogP contribution < -0.4 is 10.1 Å². The van der Waals surface area contributed by atoms with Gasteiger partial charge in [0.25, 0.3) is 0 Å². The number of hydrogen-bond donors (Lipinski definition) is 2. The van der Waals surface area contributed by atoms with Crippen molar-refractivity contribution in [2.45, 2.75) is 6.54 Å². The Labute approximate surface area is 189 Å². The topological polar surface area (TPSA) is 109 Å². The van der Waals surface area contributed by atoms with Crippen LogP contribution in [-0.2, 0) is 6.54 Å². The summed E-state index contributed by atoms with van der Waals surface area (Å²) in [6.07, 6.45) is 4.55. The van der Waals surface area contributed by atoms with Gasteiger partial charge in [-0.2, -0.15) is 4.98 Å². The summed E-state index contributed by atoms with van der Waals surface area (Å²) in [4.78, 5) is 16.8. The molecule has 0 atom stereocenters. The minimum atomic E-state index is -0.779. The molecule has 2 N–H and O–H groups in total. The molecule has 0 radical (unpaired) electrons. The molecule has 0 bridgehead atoms. The Balaban J connectivity index is 1.52. The molecule has 0 fully saturated rings. The number of nitrogens with zero attached hydrogens (tertiary/aromatic N) is 5. The normalized spacial score (nSPS) is 10.6. The maximum absolute atomic E-state index is 13.4. The summed E-state index contributed by atoms with van der Waals surface area (Å²) in [7, 11) is 0. The molecule has 32 heavy (non-hydrogen) atoms. The lowest BCUT2D eigenvalue weighted by Crippen LogP contribution is -2.04. The summed E-state index contributed by atoms with van der Waals surface area (Å²) >= 11 is 3.31. The van der Waals surface area contributed by atoms with Crippen LogP contribution in [-0.4, -0.2) is 19.9 Å². The average molecular weight is 498 g/mol. The van der Waals surface area contributed by atoms with Crippen molar-refractivity contribution < 1.29 is 13.5 Å². The fourth-order valence-corrected chi connectivity index (χ4v) is 3.00. The molecule has 11 heteroatoms. The second-order valence-corrected chi connectivity index (χ2v) is 7.39. The van der Waals surface area contributed by atoms with E-state index in [1.54, 1.807) is 12.4 Å². The van der Waals surface area contributed by atoms with Gasteiger partial charge in [0.05, 0.1) is 10.7 Å². The summed E-state index contributed by atoms with van der Waals surface area (Å²) in [5.74, 6) is -0.843. The average Bonchev–Trinajstić information content (AvgIpc) is 2.78. The number of anilines is 1. The van der Waals surface area contributed by atoms with E-state index in [1.807, 2.05) is 24.3 Å². The molecule has 0 saturated heterocycles. The van der Waals surface area contributed by atoms with Crippen molar-refractivity contribution in [1.82, 2.24) is 19.9 Å². The van der Waals surface area contributed by atoms with Gasteiger partial charge in [-0.25, -0.2) is 29.3 Å². The zero-order valence-corrected chi connectivity index (χ0v) is 17.8. The first-order chi connectivity index (χ1) is 15.5. The quantitative estimate of drug-likeness (QED) is 0.301. The van der Waals surface area contributed by atoms with Crippen molar-refractivity contribution in [2.75, 3.05) is 5.32 Å². The maximum Gasteiger partial charge on any atom is 0.239 e. The molecule has 4 rings (SSSR count). The van der Waals surface area contributed by atoms with E-state index >= 15 is 0 Å². The Bertz CT molecular complexity index is 1250. The highest BCUT2D eigenvalue weighted by molar-refractivity contribution is 9.10. The Morgan fingerprint density at radius 3 is 2.47 bits per heavy atom. The lowest BCUT2D eigenvalue weighted by molar-refractivity contribution is 0.449. The number of rotatable bonds is 7. The van der Waals surface area contributed by atoms with Crippen molar-refractivity contribution in [2.24, 2.45) is 5.11 Å². The number of halogens is 3. The Kier molecular flexibility index (Phi) is 6.36. The summed E-state index contributed by atoms with van der Waals surface area (Å²) < 4.78 is 33.0. The van der Waals surface area contributed by atoms with Crippen LogP contribution in [0, 0.1) is 17.2 Å². The van der Waals surface area contributed by atoms with Crippen LogP contribution in [0.15, 0.2) is 70.6 Å². The molecule has 4 aromatic rings. The van der Waals surface area contributed by atoms with Crippen LogP contribution in [0.2, 0.25) is 0 Å². The first kappa shape index (κ1) is 21.4. The molecule has 0 amide bonds. The largest absolute Gasteiger partial charge is 0.437 e. The number of hydrogen-bond acceptors (Lipinski definition) is 8. The van der Waals surface area contributed by atoms with Gasteiger partial charge in [-0.05, 0) is 27.6 Å². The minimum absolute atomic E-state index is 0.0121. The Morgan fingerprint density at radius 2 is 1.75 bits per heavy atom. The van der Waals surface area contributed by atoms with E-state index in [0.717, 1.165) is 33.8 Å². The smallest absolute Gasteiger partial charge is 0.239 e. The van der Waals surface area contributed by atoms with Crippen molar-refractivity contribution >= 4 is 27.6 Å². The molecule has 0 aliphatic heterocycles. The van der Waals surface area contributed by atoms with E-state index in [9.17, 15) is 8.78 Å². The van der Waals surface area contributed by atoms with E-state index in [4.69, 9.17) is 10.3 Å². The fourth-order valence-electron chi connectivity index (χ4n) is 2.79. The number of aromatic nitrogens is 4. The van der Waals surface area contributed by atoms with Crippen molar-refractivity contribution in [3.63, 3.8) is 0 Å². The van der Waals surface area contributed by atoms with Gasteiger partial charge in [0.2, 0.25) is 11.7 Å². The molecule has 160 valence electrons. The highest BCUT2D eigenvalue weighted by Crippen LogP contribution is 2.27. The standard InChI is InChI=1S/C21H14BrF2N7O/c22-14-9-27-19(28-10-14)13-3-1-2-12(4-13)8-26-20-21(31-25)29-11-18(30-20)32-17-6-15(23)5-16(24)7-17/h1-7,9-11,25H,8H2,(H,26,30). The summed E-state index contributed by atoms with van der Waals surface area (Å²) in [6, 6.07) is 10.4. The third-order valence-corrected chi connectivity index (χ3v) is 4.57. The van der Waals surface area contributed by atoms with Crippen LogP contribution in [0.5, 0.6) is 11.6 Å². The SMILES string of the molecule is N=Nc1ncc(Oc2cc(F)cc(F)c2)nc1NCc1cccc(-c2ncc(Br)cn2)c1. The van der Waals surface area contributed by atoms with Crippen molar-refractivity contribution in [1.29, 1.82) is 5.53 Å². The van der Waals surface area contributed by atoms with Gasteiger partial charge < -0.3 is 10.1 Å². The monoisotopic (exact) mass is 497 g/mol. The molecule has 0 spiro atoms. The third kappa shape index (κ3) is 5.24. The molecule has 0 aliphatic carbocycles. The number of nitrogens with one attached hydrogen (secondary N) is 2. The maximum atomic E-state index is 13.4. The van der Waals surface area contributed by atoms with Gasteiger partial charge in [-0.15, -0.1) is 5.11 Å². The predicted octanol–water partition coefficient (Wildman–Crippen LogP) is 6.04. The molecule has 0 aliphatic rings. The van der Waals surface area contributed by atoms with Gasteiger partial charge in [0.15, 0.2) is 11.6 Å². The Morgan fingerprint density at radius 1 is 1.00 bits per heavy atom. The first-order valence-electron chi connectivity index (χ1n) is 9.19. The lowest BCUT2D eigenvalue weighted by atomic mass is 10.1. The van der Waals surface area contributed by atoms with Gasteiger partial charge in [-0.3, -0.25) is 0 Å². The predicted molar refractivity (Wildman–Crippen MR) is 116 cm³/mol. The summed E-state index contributed by atoms with van der Waals surface area (Å²) in [5, 5.41) is 6.40. The number of ether oxygens (including phenoxy) is 1. The molecule has 2 heterocycles. The van der Waals surface area contributed by atoms with Crippen LogP contribution in [0.1, 0.15) is 5.56 Å². The molecule has 0 unspecified atom stereocenters. The van der Waals surface area contributed by atoms with Gasteiger partial charge in [0.1, 0.15) is 17.4 Å². The molecule has 8 nitrogen and oxygen atoms in total. The second-order valence-electron chi connectivity index (χ2n) is 6.48. The highest BCUT2D eigenvalue weighted by Gasteiger charge is 2.11. The fraction of sp³-hybridized carbons (Fsp3) is 0.0476. The molecule has 0 saturated carbocycles. The number of benzene rings is 2. The van der Waals surface area contributed by atoms with Crippen molar-refractivity contribution in [3.05, 3.63) is 82.7 Å². The van der Waals surface area contributed by atoms with E-state index in [2.05, 4.69) is 46.3 Å². The second kappa shape index (κ2) is 9.52.